The molecule has 1 atom stereocenters. The van der Waals surface area contributed by atoms with Crippen molar-refractivity contribution in [1.29, 1.82) is 0 Å². The van der Waals surface area contributed by atoms with Gasteiger partial charge in [-0.2, -0.15) is 0 Å². The van der Waals surface area contributed by atoms with E-state index in [-0.39, 0.29) is 16.8 Å². The van der Waals surface area contributed by atoms with Crippen LogP contribution < -0.4 is 9.62 Å². The van der Waals surface area contributed by atoms with Crippen LogP contribution in [0.15, 0.2) is 47.4 Å². The average Bonchev–Trinajstić information content (AvgIpc) is 2.65. The zero-order valence-corrected chi connectivity index (χ0v) is 17.0. The molecule has 144 valence electrons. The van der Waals surface area contributed by atoms with E-state index >= 15 is 0 Å². The van der Waals surface area contributed by atoms with Gasteiger partial charge in [-0.05, 0) is 60.7 Å². The van der Waals surface area contributed by atoms with Crippen LogP contribution in [0.3, 0.4) is 0 Å². The van der Waals surface area contributed by atoms with E-state index < -0.39 is 10.0 Å². The lowest BCUT2D eigenvalue weighted by Gasteiger charge is -2.29. The minimum atomic E-state index is -3.69. The Morgan fingerprint density at radius 1 is 1.22 bits per heavy atom. The second kappa shape index (κ2) is 8.00. The summed E-state index contributed by atoms with van der Waals surface area (Å²) >= 11 is 5.92. The molecule has 0 spiro atoms. The van der Waals surface area contributed by atoms with Crippen molar-refractivity contribution in [3.05, 3.63) is 58.6 Å². The number of sulfonamides is 1. The second-order valence-electron chi connectivity index (χ2n) is 6.70. The Balaban J connectivity index is 1.88. The zero-order valence-electron chi connectivity index (χ0n) is 15.4. The molecule has 7 heteroatoms. The molecule has 0 fully saturated rings. The van der Waals surface area contributed by atoms with Gasteiger partial charge in [0.2, 0.25) is 15.9 Å². The molecule has 1 unspecified atom stereocenters. The highest BCUT2D eigenvalue weighted by Crippen LogP contribution is 2.30. The van der Waals surface area contributed by atoms with E-state index in [1.807, 2.05) is 19.1 Å². The number of halogens is 1. The van der Waals surface area contributed by atoms with Gasteiger partial charge in [-0.25, -0.2) is 13.1 Å². The Kier molecular flexibility index (Phi) is 5.89. The van der Waals surface area contributed by atoms with Crippen molar-refractivity contribution in [1.82, 2.24) is 4.72 Å². The fourth-order valence-corrected chi connectivity index (χ4v) is 4.89. The van der Waals surface area contributed by atoms with E-state index in [0.717, 1.165) is 29.7 Å². The van der Waals surface area contributed by atoms with Crippen molar-refractivity contribution in [3.63, 3.8) is 0 Å². The van der Waals surface area contributed by atoms with Gasteiger partial charge in [0.25, 0.3) is 0 Å². The molecular formula is C20H23ClN2O3S. The number of aryl methyl sites for hydroxylation is 1. The van der Waals surface area contributed by atoms with Crippen molar-refractivity contribution in [2.24, 2.45) is 0 Å². The van der Waals surface area contributed by atoms with Crippen LogP contribution in [0.25, 0.3) is 0 Å². The second-order valence-corrected chi connectivity index (χ2v) is 8.85. The molecule has 1 amide bonds. The Morgan fingerprint density at radius 3 is 2.56 bits per heavy atom. The van der Waals surface area contributed by atoms with Crippen LogP contribution in [0.2, 0.25) is 5.02 Å². The van der Waals surface area contributed by atoms with Crippen LogP contribution >= 0.6 is 11.6 Å². The lowest BCUT2D eigenvalue weighted by atomic mass is 10.0. The first-order valence-electron chi connectivity index (χ1n) is 9.00. The first-order chi connectivity index (χ1) is 12.8. The van der Waals surface area contributed by atoms with Gasteiger partial charge in [0.1, 0.15) is 0 Å². The number of rotatable bonds is 5. The number of anilines is 1. The van der Waals surface area contributed by atoms with E-state index in [0.29, 0.717) is 18.0 Å². The molecule has 3 rings (SSSR count). The average molecular weight is 407 g/mol. The van der Waals surface area contributed by atoms with Gasteiger partial charge in [0.05, 0.1) is 4.90 Å². The third-order valence-electron chi connectivity index (χ3n) is 4.84. The van der Waals surface area contributed by atoms with Crippen molar-refractivity contribution < 1.29 is 13.2 Å². The number of hydrogen-bond donors (Lipinski definition) is 1. The largest absolute Gasteiger partial charge is 0.312 e. The number of nitrogens with one attached hydrogen (secondary N) is 1. The molecule has 0 saturated heterocycles. The monoisotopic (exact) mass is 406 g/mol. The molecule has 1 heterocycles. The van der Waals surface area contributed by atoms with Crippen LogP contribution in [-0.4, -0.2) is 20.9 Å². The van der Waals surface area contributed by atoms with Crippen LogP contribution in [0.1, 0.15) is 43.9 Å². The lowest BCUT2D eigenvalue weighted by Crippen LogP contribution is -2.34. The smallest absolute Gasteiger partial charge is 0.241 e. The molecule has 0 radical (unpaired) electrons. The highest BCUT2D eigenvalue weighted by atomic mass is 35.5. The van der Waals surface area contributed by atoms with Gasteiger partial charge in [0, 0.05) is 30.2 Å². The maximum Gasteiger partial charge on any atom is 0.241 e. The highest BCUT2D eigenvalue weighted by molar-refractivity contribution is 7.89. The molecule has 0 aliphatic carbocycles. The first-order valence-corrected chi connectivity index (χ1v) is 10.9. The zero-order chi connectivity index (χ0) is 19.6. The summed E-state index contributed by atoms with van der Waals surface area (Å²) in [5.74, 6) is -0.0292. The summed E-state index contributed by atoms with van der Waals surface area (Å²) in [6, 6.07) is 11.8. The third kappa shape index (κ3) is 4.34. The summed E-state index contributed by atoms with van der Waals surface area (Å²) in [5.41, 5.74) is 2.56. The maximum atomic E-state index is 12.9. The molecule has 0 aromatic heterocycles. The summed E-state index contributed by atoms with van der Waals surface area (Å²) in [7, 11) is -3.69. The quantitative estimate of drug-likeness (QED) is 0.813. The van der Waals surface area contributed by atoms with Crippen molar-refractivity contribution in [2.75, 3.05) is 11.4 Å². The van der Waals surface area contributed by atoms with E-state index in [1.54, 1.807) is 35.2 Å². The number of amides is 1. The molecular weight excluding hydrogens is 384 g/mol. The van der Waals surface area contributed by atoms with Crippen LogP contribution in [0.5, 0.6) is 0 Å². The van der Waals surface area contributed by atoms with Gasteiger partial charge >= 0.3 is 0 Å². The minimum Gasteiger partial charge on any atom is -0.312 e. The fourth-order valence-electron chi connectivity index (χ4n) is 3.41. The number of fused-ring (bicyclic) bond motifs is 1. The number of benzene rings is 2. The molecule has 2 aromatic rings. The van der Waals surface area contributed by atoms with Crippen molar-refractivity contribution in [3.8, 4) is 0 Å². The third-order valence-corrected chi connectivity index (χ3v) is 6.56. The fraction of sp³-hybridized carbons (Fsp3) is 0.350. The van der Waals surface area contributed by atoms with E-state index in [4.69, 9.17) is 11.6 Å². The molecule has 5 nitrogen and oxygen atoms in total. The van der Waals surface area contributed by atoms with Crippen LogP contribution in [-0.2, 0) is 21.2 Å². The number of carbonyl (C=O) groups excluding carboxylic acids is 1. The highest BCUT2D eigenvalue weighted by Gasteiger charge is 2.25. The normalized spacial score (nSPS) is 15.3. The maximum absolute atomic E-state index is 12.9. The van der Waals surface area contributed by atoms with E-state index in [2.05, 4.69) is 4.72 Å². The molecule has 0 bridgehead atoms. The molecule has 1 aliphatic rings. The number of nitrogens with zero attached hydrogens (tertiary/aromatic N) is 1. The van der Waals surface area contributed by atoms with Gasteiger partial charge in [-0.1, -0.05) is 30.7 Å². The molecule has 0 saturated carbocycles. The Hall–Kier alpha value is -1.89. The predicted octanol–water partition coefficient (Wildman–Crippen LogP) is 4.07. The topological polar surface area (TPSA) is 66.5 Å². The van der Waals surface area contributed by atoms with Gasteiger partial charge in [0.15, 0.2) is 0 Å². The van der Waals surface area contributed by atoms with Gasteiger partial charge in [-0.15, -0.1) is 0 Å². The number of carbonyl (C=O) groups is 1. The lowest BCUT2D eigenvalue weighted by molar-refractivity contribution is -0.116. The summed E-state index contributed by atoms with van der Waals surface area (Å²) in [4.78, 5) is 13.7. The van der Waals surface area contributed by atoms with Crippen molar-refractivity contribution >= 4 is 33.2 Å². The Bertz CT molecular complexity index is 942. The van der Waals surface area contributed by atoms with Crippen LogP contribution in [0.4, 0.5) is 5.69 Å². The van der Waals surface area contributed by atoms with Crippen LogP contribution in [0, 0.1) is 0 Å². The molecule has 27 heavy (non-hydrogen) atoms. The minimum absolute atomic E-state index is 0.0292. The predicted molar refractivity (Wildman–Crippen MR) is 108 cm³/mol. The standard InChI is InChI=1S/C20H23ClN2O3S/c1-3-19(15-6-8-17(21)9-7-15)22-27(25,26)18-10-11-20-16(13-18)5-4-12-23(20)14(2)24/h6-11,13,19,22H,3-5,12H2,1-2H3. The first kappa shape index (κ1) is 19.9. The molecule has 2 aromatic carbocycles. The Labute approximate surface area is 165 Å². The van der Waals surface area contributed by atoms with E-state index in [1.165, 1.54) is 6.92 Å². The summed E-state index contributed by atoms with van der Waals surface area (Å²) < 4.78 is 28.6. The summed E-state index contributed by atoms with van der Waals surface area (Å²) in [6.45, 7) is 4.12. The SMILES string of the molecule is CCC(NS(=O)(=O)c1ccc2c(c1)CCCN2C(C)=O)c1ccc(Cl)cc1. The number of hydrogen-bond acceptors (Lipinski definition) is 3. The van der Waals surface area contributed by atoms with Crippen molar-refractivity contribution in [2.45, 2.75) is 44.0 Å². The summed E-state index contributed by atoms with van der Waals surface area (Å²) in [5, 5.41) is 0.612. The van der Waals surface area contributed by atoms with E-state index in [9.17, 15) is 13.2 Å². The Morgan fingerprint density at radius 2 is 1.93 bits per heavy atom. The molecule has 1 N–H and O–H groups in total. The summed E-state index contributed by atoms with van der Waals surface area (Å²) in [6.07, 6.45) is 2.20. The van der Waals surface area contributed by atoms with Gasteiger partial charge < -0.3 is 4.90 Å². The van der Waals surface area contributed by atoms with Gasteiger partial charge in [-0.3, -0.25) is 4.79 Å². The molecule has 1 aliphatic heterocycles.